The Balaban J connectivity index is 1.75. The standard InChI is InChI=1S/C16H21NO3/c1-20-16(7-2-8-16)10-14(18)12-3-5-13-11(9-12)4-6-15(19)17-13/h3,5,9,14,18H,2,4,6-8,10H2,1H3,(H,17,19). The predicted molar refractivity (Wildman–Crippen MR) is 76.6 cm³/mol. The zero-order valence-corrected chi connectivity index (χ0v) is 11.8. The number of anilines is 1. The Morgan fingerprint density at radius 2 is 2.20 bits per heavy atom. The average molecular weight is 275 g/mol. The first-order chi connectivity index (χ1) is 9.62. The summed E-state index contributed by atoms with van der Waals surface area (Å²) in [5, 5.41) is 13.3. The molecule has 1 aromatic carbocycles. The maximum Gasteiger partial charge on any atom is 0.224 e. The lowest BCUT2D eigenvalue weighted by atomic mass is 9.75. The molecule has 0 bridgehead atoms. The van der Waals surface area contributed by atoms with Crippen LogP contribution in [0.15, 0.2) is 18.2 Å². The van der Waals surface area contributed by atoms with Gasteiger partial charge in [0, 0.05) is 25.6 Å². The molecule has 4 heteroatoms. The van der Waals surface area contributed by atoms with Crippen molar-refractivity contribution in [1.82, 2.24) is 0 Å². The van der Waals surface area contributed by atoms with Gasteiger partial charge in [-0.3, -0.25) is 4.79 Å². The highest BCUT2D eigenvalue weighted by molar-refractivity contribution is 5.93. The predicted octanol–water partition coefficient (Wildman–Crippen LogP) is 2.56. The number of methoxy groups -OCH3 is 1. The number of aliphatic hydroxyl groups is 1. The maximum absolute atomic E-state index is 11.3. The van der Waals surface area contributed by atoms with Gasteiger partial charge in [-0.2, -0.15) is 0 Å². The van der Waals surface area contributed by atoms with Crippen LogP contribution in [0.3, 0.4) is 0 Å². The molecule has 0 aromatic heterocycles. The van der Waals surface area contributed by atoms with E-state index in [0.717, 1.165) is 36.1 Å². The Hall–Kier alpha value is -1.39. The monoisotopic (exact) mass is 275 g/mol. The molecular weight excluding hydrogens is 254 g/mol. The van der Waals surface area contributed by atoms with E-state index in [-0.39, 0.29) is 11.5 Å². The molecule has 2 aliphatic rings. The largest absolute Gasteiger partial charge is 0.388 e. The molecule has 1 aromatic rings. The molecule has 1 saturated carbocycles. The summed E-state index contributed by atoms with van der Waals surface area (Å²) in [6.07, 6.45) is 4.65. The summed E-state index contributed by atoms with van der Waals surface area (Å²) in [5.74, 6) is 0.0682. The highest BCUT2D eigenvalue weighted by Gasteiger charge is 2.39. The minimum Gasteiger partial charge on any atom is -0.388 e. The number of aryl methyl sites for hydroxylation is 1. The van der Waals surface area contributed by atoms with E-state index < -0.39 is 6.10 Å². The third-order valence-corrected chi connectivity index (χ3v) is 4.67. The van der Waals surface area contributed by atoms with Crippen molar-refractivity contribution in [1.29, 1.82) is 0 Å². The lowest BCUT2D eigenvalue weighted by Gasteiger charge is -2.42. The van der Waals surface area contributed by atoms with Gasteiger partial charge in [-0.25, -0.2) is 0 Å². The summed E-state index contributed by atoms with van der Waals surface area (Å²) in [6, 6.07) is 5.81. The van der Waals surface area contributed by atoms with E-state index in [0.29, 0.717) is 12.8 Å². The Kier molecular flexibility index (Phi) is 3.52. The molecule has 1 heterocycles. The van der Waals surface area contributed by atoms with Gasteiger partial charge in [0.1, 0.15) is 0 Å². The second-order valence-corrected chi connectivity index (χ2v) is 5.93. The van der Waals surface area contributed by atoms with E-state index in [1.165, 1.54) is 6.42 Å². The Bertz CT molecular complexity index is 517. The van der Waals surface area contributed by atoms with Crippen LogP contribution in [-0.2, 0) is 16.0 Å². The SMILES string of the molecule is COC1(CC(O)c2ccc3c(c2)CCC(=O)N3)CCC1. The van der Waals surface area contributed by atoms with Crippen LogP contribution in [0, 0.1) is 0 Å². The molecule has 0 spiro atoms. The normalized spacial score (nSPS) is 21.6. The smallest absolute Gasteiger partial charge is 0.224 e. The van der Waals surface area contributed by atoms with E-state index in [4.69, 9.17) is 4.74 Å². The summed E-state index contributed by atoms with van der Waals surface area (Å²) >= 11 is 0. The van der Waals surface area contributed by atoms with Gasteiger partial charge in [0.2, 0.25) is 5.91 Å². The number of hydrogen-bond donors (Lipinski definition) is 2. The summed E-state index contributed by atoms with van der Waals surface area (Å²) in [4.78, 5) is 11.3. The Labute approximate surface area is 119 Å². The second kappa shape index (κ2) is 5.19. The van der Waals surface area contributed by atoms with Crippen LogP contribution in [0.25, 0.3) is 0 Å². The zero-order valence-electron chi connectivity index (χ0n) is 11.8. The highest BCUT2D eigenvalue weighted by Crippen LogP contribution is 2.42. The molecule has 1 atom stereocenters. The zero-order chi connectivity index (χ0) is 14.2. The van der Waals surface area contributed by atoms with Gasteiger partial charge in [-0.15, -0.1) is 0 Å². The van der Waals surface area contributed by atoms with Crippen LogP contribution in [0.2, 0.25) is 0 Å². The molecular formula is C16H21NO3. The van der Waals surface area contributed by atoms with Gasteiger partial charge in [-0.05, 0) is 42.9 Å². The number of aliphatic hydroxyl groups excluding tert-OH is 1. The molecule has 1 fully saturated rings. The second-order valence-electron chi connectivity index (χ2n) is 5.93. The molecule has 1 aliphatic carbocycles. The first-order valence-electron chi connectivity index (χ1n) is 7.28. The summed E-state index contributed by atoms with van der Waals surface area (Å²) < 4.78 is 5.58. The van der Waals surface area contributed by atoms with E-state index in [9.17, 15) is 9.90 Å². The quantitative estimate of drug-likeness (QED) is 0.888. The maximum atomic E-state index is 11.3. The number of fused-ring (bicyclic) bond motifs is 1. The fraction of sp³-hybridized carbons (Fsp3) is 0.562. The third kappa shape index (κ3) is 2.45. The van der Waals surface area contributed by atoms with Gasteiger partial charge in [0.25, 0.3) is 0 Å². The fourth-order valence-electron chi connectivity index (χ4n) is 3.14. The number of hydrogen-bond acceptors (Lipinski definition) is 3. The van der Waals surface area contributed by atoms with Crippen molar-refractivity contribution in [3.8, 4) is 0 Å². The minimum atomic E-state index is -0.502. The minimum absolute atomic E-state index is 0.0682. The first-order valence-corrected chi connectivity index (χ1v) is 7.28. The average Bonchev–Trinajstić information content (AvgIpc) is 2.42. The van der Waals surface area contributed by atoms with E-state index in [2.05, 4.69) is 5.32 Å². The Morgan fingerprint density at radius 1 is 1.40 bits per heavy atom. The van der Waals surface area contributed by atoms with Crippen molar-refractivity contribution in [3.05, 3.63) is 29.3 Å². The van der Waals surface area contributed by atoms with Gasteiger partial charge in [-0.1, -0.05) is 12.1 Å². The van der Waals surface area contributed by atoms with Crippen molar-refractivity contribution < 1.29 is 14.6 Å². The van der Waals surface area contributed by atoms with E-state index in [1.807, 2.05) is 18.2 Å². The molecule has 108 valence electrons. The van der Waals surface area contributed by atoms with E-state index >= 15 is 0 Å². The lowest BCUT2D eigenvalue weighted by Crippen LogP contribution is -2.40. The topological polar surface area (TPSA) is 58.6 Å². The molecule has 1 amide bonds. The summed E-state index contributed by atoms with van der Waals surface area (Å²) in [6.45, 7) is 0. The van der Waals surface area contributed by atoms with Gasteiger partial charge in [0.05, 0.1) is 11.7 Å². The number of nitrogens with one attached hydrogen (secondary N) is 1. The number of ether oxygens (including phenoxy) is 1. The third-order valence-electron chi connectivity index (χ3n) is 4.67. The molecule has 0 saturated heterocycles. The molecule has 1 aliphatic heterocycles. The van der Waals surface area contributed by atoms with Crippen molar-refractivity contribution >= 4 is 11.6 Å². The van der Waals surface area contributed by atoms with Gasteiger partial charge < -0.3 is 15.2 Å². The summed E-state index contributed by atoms with van der Waals surface area (Å²) in [5.41, 5.74) is 2.77. The summed E-state index contributed by atoms with van der Waals surface area (Å²) in [7, 11) is 1.73. The molecule has 3 rings (SSSR count). The van der Waals surface area contributed by atoms with Crippen LogP contribution >= 0.6 is 0 Å². The Morgan fingerprint density at radius 3 is 2.85 bits per heavy atom. The molecule has 1 unspecified atom stereocenters. The van der Waals surface area contributed by atoms with Crippen molar-refractivity contribution in [2.45, 2.75) is 50.2 Å². The first kappa shape index (κ1) is 13.6. The van der Waals surface area contributed by atoms with E-state index in [1.54, 1.807) is 7.11 Å². The van der Waals surface area contributed by atoms with Gasteiger partial charge in [0.15, 0.2) is 0 Å². The van der Waals surface area contributed by atoms with Crippen LogP contribution in [0.5, 0.6) is 0 Å². The fourth-order valence-corrected chi connectivity index (χ4v) is 3.14. The molecule has 4 nitrogen and oxygen atoms in total. The molecule has 20 heavy (non-hydrogen) atoms. The highest BCUT2D eigenvalue weighted by atomic mass is 16.5. The molecule has 0 radical (unpaired) electrons. The van der Waals surface area contributed by atoms with Crippen molar-refractivity contribution in [2.75, 3.05) is 12.4 Å². The van der Waals surface area contributed by atoms with Crippen molar-refractivity contribution in [2.24, 2.45) is 0 Å². The lowest BCUT2D eigenvalue weighted by molar-refractivity contribution is -0.116. The number of rotatable bonds is 4. The van der Waals surface area contributed by atoms with Crippen LogP contribution < -0.4 is 5.32 Å². The van der Waals surface area contributed by atoms with Crippen LogP contribution in [0.4, 0.5) is 5.69 Å². The number of amides is 1. The molecule has 2 N–H and O–H groups in total. The number of carbonyl (C=O) groups excluding carboxylic acids is 1. The van der Waals surface area contributed by atoms with Crippen molar-refractivity contribution in [3.63, 3.8) is 0 Å². The van der Waals surface area contributed by atoms with Crippen LogP contribution in [0.1, 0.15) is 49.3 Å². The van der Waals surface area contributed by atoms with Crippen LogP contribution in [-0.4, -0.2) is 23.7 Å². The van der Waals surface area contributed by atoms with Gasteiger partial charge >= 0.3 is 0 Å². The number of benzene rings is 1. The number of carbonyl (C=O) groups is 1.